The summed E-state index contributed by atoms with van der Waals surface area (Å²) in [5.74, 6) is 2.66. The Balaban J connectivity index is 1.74. The van der Waals surface area contributed by atoms with Gasteiger partial charge in [0.1, 0.15) is 24.7 Å². The van der Waals surface area contributed by atoms with E-state index in [1.165, 1.54) is 11.3 Å². The van der Waals surface area contributed by atoms with Crippen molar-refractivity contribution in [3.8, 4) is 11.5 Å². The fourth-order valence-corrected chi connectivity index (χ4v) is 8.00. The van der Waals surface area contributed by atoms with E-state index in [4.69, 9.17) is 18.3 Å². The van der Waals surface area contributed by atoms with E-state index < -0.39 is 21.7 Å². The van der Waals surface area contributed by atoms with E-state index in [1.54, 1.807) is 12.5 Å². The van der Waals surface area contributed by atoms with Crippen LogP contribution in [0.2, 0.25) is 0 Å². The molecule has 7 heteroatoms. The first kappa shape index (κ1) is 36.4. The minimum Gasteiger partial charge on any atom is -0.485 e. The first-order valence-electron chi connectivity index (χ1n) is 17.7. The number of hydrogen-bond donors (Lipinski definition) is 0. The van der Waals surface area contributed by atoms with Gasteiger partial charge >= 0.3 is 0 Å². The van der Waals surface area contributed by atoms with Gasteiger partial charge in [-0.05, 0) is 81.4 Å². The predicted octanol–water partition coefficient (Wildman–Crippen LogP) is 11.4. The van der Waals surface area contributed by atoms with E-state index in [0.717, 1.165) is 54.3 Å². The number of Topliss-reactive ketones (excluding diaryl/α,β-unsaturated/α-hetero) is 2. The average molecular weight is 707 g/mol. The van der Waals surface area contributed by atoms with Crippen molar-refractivity contribution in [2.75, 3.05) is 13.2 Å². The Hall–Kier alpha value is -4.36. The predicted molar refractivity (Wildman–Crippen MR) is 205 cm³/mol. The van der Waals surface area contributed by atoms with Crippen LogP contribution in [0.15, 0.2) is 103 Å². The van der Waals surface area contributed by atoms with Gasteiger partial charge in [-0.15, -0.1) is 11.3 Å². The topological polar surface area (TPSA) is 78.9 Å². The molecule has 3 aromatic heterocycles. The van der Waals surface area contributed by atoms with Crippen LogP contribution < -0.4 is 9.47 Å². The molecule has 0 saturated heterocycles. The van der Waals surface area contributed by atoms with Crippen molar-refractivity contribution in [2.45, 2.75) is 83.1 Å². The SMILES string of the molecule is CC(C)(C)C1=CC(=C(c2ccco2)c2sc(C(=C3C=C(C(C)(C)C)C(=O)C(C(C)(C)C)=C3)c3ccco3)c3c2OCCO3)C=C(C(C)(C)C)C1=O. The third kappa shape index (κ3) is 6.85. The number of ketones is 2. The van der Waals surface area contributed by atoms with Gasteiger partial charge in [-0.2, -0.15) is 0 Å². The summed E-state index contributed by atoms with van der Waals surface area (Å²) in [4.78, 5) is 29.6. The number of fused-ring (bicyclic) bond motifs is 1. The number of ether oxygens (including phenoxy) is 2. The molecule has 0 radical (unpaired) electrons. The van der Waals surface area contributed by atoms with Crippen molar-refractivity contribution in [2.24, 2.45) is 21.7 Å². The number of thiophene rings is 1. The molecule has 3 aromatic rings. The smallest absolute Gasteiger partial charge is 0.186 e. The first-order chi connectivity index (χ1) is 23.7. The van der Waals surface area contributed by atoms with Gasteiger partial charge < -0.3 is 18.3 Å². The van der Waals surface area contributed by atoms with E-state index in [0.29, 0.717) is 36.2 Å². The maximum absolute atomic E-state index is 14.0. The zero-order chi connectivity index (χ0) is 37.3. The van der Waals surface area contributed by atoms with Gasteiger partial charge in [0.25, 0.3) is 0 Å². The van der Waals surface area contributed by atoms with Gasteiger partial charge in [-0.1, -0.05) is 83.1 Å². The molecule has 0 saturated carbocycles. The van der Waals surface area contributed by atoms with Crippen LogP contribution in [0.5, 0.6) is 11.5 Å². The molecule has 51 heavy (non-hydrogen) atoms. The molecule has 0 aromatic carbocycles. The zero-order valence-electron chi connectivity index (χ0n) is 32.0. The number of carbonyl (C=O) groups excluding carboxylic acids is 2. The third-order valence-electron chi connectivity index (χ3n) is 9.38. The lowest BCUT2D eigenvalue weighted by atomic mass is 9.71. The third-order valence-corrected chi connectivity index (χ3v) is 10.6. The molecule has 1 aliphatic heterocycles. The highest BCUT2D eigenvalue weighted by atomic mass is 32.1. The van der Waals surface area contributed by atoms with Crippen LogP contribution >= 0.6 is 11.3 Å². The quantitative estimate of drug-likeness (QED) is 0.269. The summed E-state index contributed by atoms with van der Waals surface area (Å²) in [5, 5.41) is 0. The average Bonchev–Trinajstić information content (AvgIpc) is 3.80. The van der Waals surface area contributed by atoms with Crippen molar-refractivity contribution in [3.05, 3.63) is 116 Å². The minimum atomic E-state index is -0.398. The second-order valence-corrected chi connectivity index (χ2v) is 18.6. The number of rotatable bonds is 4. The van der Waals surface area contributed by atoms with Gasteiger partial charge in [0.2, 0.25) is 0 Å². The molecule has 268 valence electrons. The van der Waals surface area contributed by atoms with Crippen LogP contribution in [0.1, 0.15) is 104 Å². The Kier molecular flexibility index (Phi) is 9.07. The molecule has 6 rings (SSSR count). The Bertz CT molecular complexity index is 1850. The van der Waals surface area contributed by atoms with Gasteiger partial charge in [-0.3, -0.25) is 9.59 Å². The van der Waals surface area contributed by atoms with Gasteiger partial charge in [0.05, 0.1) is 22.3 Å². The van der Waals surface area contributed by atoms with Crippen LogP contribution in [0, 0.1) is 21.7 Å². The lowest BCUT2D eigenvalue weighted by Gasteiger charge is -2.32. The summed E-state index contributed by atoms with van der Waals surface area (Å²) in [6.07, 6.45) is 11.4. The van der Waals surface area contributed by atoms with Crippen molar-refractivity contribution in [1.82, 2.24) is 0 Å². The molecule has 0 spiro atoms. The van der Waals surface area contributed by atoms with E-state index in [1.807, 2.05) is 48.6 Å². The molecule has 0 unspecified atom stereocenters. The van der Waals surface area contributed by atoms with Crippen LogP contribution in [0.4, 0.5) is 0 Å². The number of carbonyl (C=O) groups is 2. The first-order valence-corrected chi connectivity index (χ1v) is 18.5. The fraction of sp³-hybridized carbons (Fsp3) is 0.409. The lowest BCUT2D eigenvalue weighted by Crippen LogP contribution is -2.28. The van der Waals surface area contributed by atoms with Crippen molar-refractivity contribution in [3.63, 3.8) is 0 Å². The summed E-state index contributed by atoms with van der Waals surface area (Å²) in [6, 6.07) is 7.63. The Morgan fingerprint density at radius 2 is 0.843 bits per heavy atom. The number of allylic oxidation sites excluding steroid dienone is 10. The molecule has 0 N–H and O–H groups in total. The lowest BCUT2D eigenvalue weighted by molar-refractivity contribution is -0.114. The van der Waals surface area contributed by atoms with Crippen LogP contribution in [0.25, 0.3) is 11.1 Å². The summed E-state index contributed by atoms with van der Waals surface area (Å²) < 4.78 is 25.3. The summed E-state index contributed by atoms with van der Waals surface area (Å²) in [6.45, 7) is 25.6. The summed E-state index contributed by atoms with van der Waals surface area (Å²) >= 11 is 1.54. The van der Waals surface area contributed by atoms with Crippen LogP contribution in [0.3, 0.4) is 0 Å². The maximum atomic E-state index is 14.0. The van der Waals surface area contributed by atoms with Gasteiger partial charge in [0, 0.05) is 33.4 Å². The highest BCUT2D eigenvalue weighted by Gasteiger charge is 2.39. The summed E-state index contributed by atoms with van der Waals surface area (Å²) in [7, 11) is 0. The molecule has 0 atom stereocenters. The molecule has 3 aliphatic rings. The highest BCUT2D eigenvalue weighted by molar-refractivity contribution is 7.15. The molecule has 0 amide bonds. The zero-order valence-corrected chi connectivity index (χ0v) is 32.9. The van der Waals surface area contributed by atoms with E-state index in [2.05, 4.69) is 83.1 Å². The van der Waals surface area contributed by atoms with Gasteiger partial charge in [-0.25, -0.2) is 0 Å². The Morgan fingerprint density at radius 3 is 1.10 bits per heavy atom. The normalized spacial score (nSPS) is 17.3. The van der Waals surface area contributed by atoms with Gasteiger partial charge in [0.15, 0.2) is 23.1 Å². The molecular weight excluding hydrogens is 657 g/mol. The molecular formula is C44H50O6S. The molecule has 0 fully saturated rings. The van der Waals surface area contributed by atoms with Crippen molar-refractivity contribution < 1.29 is 27.9 Å². The maximum Gasteiger partial charge on any atom is 0.186 e. The Labute approximate surface area is 306 Å². The van der Waals surface area contributed by atoms with E-state index >= 15 is 0 Å². The monoisotopic (exact) mass is 706 g/mol. The highest BCUT2D eigenvalue weighted by Crippen LogP contribution is 2.55. The van der Waals surface area contributed by atoms with Crippen LogP contribution in [-0.4, -0.2) is 24.8 Å². The van der Waals surface area contributed by atoms with E-state index in [9.17, 15) is 9.59 Å². The molecule has 4 heterocycles. The fourth-order valence-electron chi connectivity index (χ4n) is 6.67. The number of hydrogen-bond acceptors (Lipinski definition) is 7. The largest absolute Gasteiger partial charge is 0.485 e. The van der Waals surface area contributed by atoms with Crippen LogP contribution in [-0.2, 0) is 9.59 Å². The van der Waals surface area contributed by atoms with E-state index in [-0.39, 0.29) is 11.6 Å². The molecule has 2 aliphatic carbocycles. The molecule has 0 bridgehead atoms. The molecule has 6 nitrogen and oxygen atoms in total. The number of furan rings is 2. The standard InChI is InChI=1S/C44H50O6S/c1-41(2,3)27-21-25(22-28(35(27)45)42(4,5)6)33(31-15-13-17-47-31)39-37-38(50-20-19-49-37)40(51-39)34(32-16-14-18-48-32)26-23-29(43(7,8)9)36(46)30(24-26)44(10,11)12/h13-18,21-24H,19-20H2,1-12H3. The second kappa shape index (κ2) is 12.7. The minimum absolute atomic E-state index is 0.0607. The Morgan fingerprint density at radius 1 is 0.529 bits per heavy atom. The van der Waals surface area contributed by atoms with Crippen molar-refractivity contribution in [1.29, 1.82) is 0 Å². The second-order valence-electron chi connectivity index (χ2n) is 17.6. The summed E-state index contributed by atoms with van der Waals surface area (Å²) in [5.41, 5.74) is 4.71. The van der Waals surface area contributed by atoms with Crippen molar-refractivity contribution >= 4 is 34.0 Å².